The van der Waals surface area contributed by atoms with E-state index < -0.39 is 10.0 Å². The van der Waals surface area contributed by atoms with Gasteiger partial charge < -0.3 is 4.90 Å². The minimum absolute atomic E-state index is 0.194. The van der Waals surface area contributed by atoms with E-state index in [1.54, 1.807) is 4.90 Å². The zero-order valence-corrected chi connectivity index (χ0v) is 7.30. The fourth-order valence-electron chi connectivity index (χ4n) is 1.79. The standard InChI is InChI=1S/C6H10N2O3S/c9-5-8-3-6(4-8)1-2-12(10,11)7-6/h5,7H,1-4H2. The lowest BCUT2D eigenvalue weighted by Crippen LogP contribution is -2.66. The third-order valence-corrected chi connectivity index (χ3v) is 3.87. The minimum Gasteiger partial charge on any atom is -0.341 e. The van der Waals surface area contributed by atoms with Gasteiger partial charge in [0.05, 0.1) is 11.3 Å². The van der Waals surface area contributed by atoms with Crippen LogP contribution in [-0.2, 0) is 14.8 Å². The van der Waals surface area contributed by atoms with Crippen LogP contribution in [0, 0.1) is 0 Å². The van der Waals surface area contributed by atoms with Gasteiger partial charge in [0.15, 0.2) is 0 Å². The molecule has 6 heteroatoms. The van der Waals surface area contributed by atoms with Crippen molar-refractivity contribution in [1.82, 2.24) is 9.62 Å². The largest absolute Gasteiger partial charge is 0.341 e. The molecule has 2 fully saturated rings. The molecule has 1 N–H and O–H groups in total. The molecule has 12 heavy (non-hydrogen) atoms. The van der Waals surface area contributed by atoms with Gasteiger partial charge in [0.1, 0.15) is 0 Å². The maximum atomic E-state index is 11.0. The molecule has 0 aromatic rings. The van der Waals surface area contributed by atoms with Crippen LogP contribution >= 0.6 is 0 Å². The molecular weight excluding hydrogens is 180 g/mol. The molecule has 0 unspecified atom stereocenters. The molecule has 2 rings (SSSR count). The summed E-state index contributed by atoms with van der Waals surface area (Å²) in [5.74, 6) is 0.194. The molecule has 68 valence electrons. The lowest BCUT2D eigenvalue weighted by Gasteiger charge is -2.45. The summed E-state index contributed by atoms with van der Waals surface area (Å²) < 4.78 is 24.6. The van der Waals surface area contributed by atoms with Crippen LogP contribution in [0.2, 0.25) is 0 Å². The second-order valence-electron chi connectivity index (χ2n) is 3.46. The molecular formula is C6H10N2O3S. The molecule has 2 heterocycles. The van der Waals surface area contributed by atoms with Crippen LogP contribution in [0.25, 0.3) is 0 Å². The Balaban J connectivity index is 2.06. The van der Waals surface area contributed by atoms with E-state index in [-0.39, 0.29) is 11.3 Å². The SMILES string of the molecule is O=CN1CC2(CCS(=O)(=O)N2)C1. The lowest BCUT2D eigenvalue weighted by molar-refractivity contribution is -0.125. The predicted octanol–water partition coefficient (Wildman–Crippen LogP) is -1.48. The third kappa shape index (κ3) is 1.11. The predicted molar refractivity (Wildman–Crippen MR) is 41.9 cm³/mol. The number of hydrogen-bond donors (Lipinski definition) is 1. The van der Waals surface area contributed by atoms with Crippen LogP contribution in [0.5, 0.6) is 0 Å². The van der Waals surface area contributed by atoms with E-state index in [0.717, 1.165) is 6.41 Å². The van der Waals surface area contributed by atoms with E-state index in [0.29, 0.717) is 19.5 Å². The maximum absolute atomic E-state index is 11.0. The molecule has 0 aromatic carbocycles. The topological polar surface area (TPSA) is 66.5 Å². The van der Waals surface area contributed by atoms with Crippen LogP contribution < -0.4 is 4.72 Å². The number of hydrogen-bond acceptors (Lipinski definition) is 3. The number of carbonyl (C=O) groups excluding carboxylic acids is 1. The van der Waals surface area contributed by atoms with Crippen molar-refractivity contribution in [2.75, 3.05) is 18.8 Å². The third-order valence-electron chi connectivity index (χ3n) is 2.38. The number of nitrogens with one attached hydrogen (secondary N) is 1. The van der Waals surface area contributed by atoms with Crippen molar-refractivity contribution in [1.29, 1.82) is 0 Å². The Labute approximate surface area is 70.8 Å². The van der Waals surface area contributed by atoms with Crippen molar-refractivity contribution in [3.63, 3.8) is 0 Å². The van der Waals surface area contributed by atoms with E-state index >= 15 is 0 Å². The number of nitrogens with zero attached hydrogens (tertiary/aromatic N) is 1. The average molecular weight is 190 g/mol. The first-order valence-corrected chi connectivity index (χ1v) is 5.42. The molecule has 2 aliphatic rings. The quantitative estimate of drug-likeness (QED) is 0.513. The Kier molecular flexibility index (Phi) is 1.47. The Bertz CT molecular complexity index is 305. The van der Waals surface area contributed by atoms with Gasteiger partial charge in [0, 0.05) is 13.1 Å². The van der Waals surface area contributed by atoms with Crippen molar-refractivity contribution in [3.05, 3.63) is 0 Å². The molecule has 1 amide bonds. The minimum atomic E-state index is -3.04. The highest BCUT2D eigenvalue weighted by molar-refractivity contribution is 7.89. The summed E-state index contributed by atoms with van der Waals surface area (Å²) >= 11 is 0. The maximum Gasteiger partial charge on any atom is 0.212 e. The molecule has 0 bridgehead atoms. The van der Waals surface area contributed by atoms with Crippen LogP contribution in [0.4, 0.5) is 0 Å². The molecule has 5 nitrogen and oxygen atoms in total. The summed E-state index contributed by atoms with van der Waals surface area (Å²) in [5.41, 5.74) is -0.320. The first-order chi connectivity index (χ1) is 5.55. The first kappa shape index (κ1) is 8.00. The molecule has 0 atom stereocenters. The zero-order valence-electron chi connectivity index (χ0n) is 6.49. The van der Waals surface area contributed by atoms with Gasteiger partial charge in [-0.3, -0.25) is 4.79 Å². The van der Waals surface area contributed by atoms with Gasteiger partial charge in [-0.25, -0.2) is 13.1 Å². The number of amides is 1. The summed E-state index contributed by atoms with van der Waals surface area (Å²) in [5, 5.41) is 0. The van der Waals surface area contributed by atoms with Crippen molar-refractivity contribution in [2.45, 2.75) is 12.0 Å². The molecule has 0 radical (unpaired) electrons. The zero-order chi connectivity index (χ0) is 8.82. The van der Waals surface area contributed by atoms with Crippen molar-refractivity contribution < 1.29 is 13.2 Å². The van der Waals surface area contributed by atoms with Crippen molar-refractivity contribution in [2.24, 2.45) is 0 Å². The van der Waals surface area contributed by atoms with E-state index in [1.165, 1.54) is 0 Å². The highest BCUT2D eigenvalue weighted by atomic mass is 32.2. The van der Waals surface area contributed by atoms with E-state index in [9.17, 15) is 13.2 Å². The summed E-state index contributed by atoms with van der Waals surface area (Å²) in [6, 6.07) is 0. The Morgan fingerprint density at radius 2 is 2.08 bits per heavy atom. The smallest absolute Gasteiger partial charge is 0.212 e. The average Bonchev–Trinajstić information content (AvgIpc) is 2.23. The van der Waals surface area contributed by atoms with E-state index in [4.69, 9.17) is 0 Å². The fourth-order valence-corrected chi connectivity index (χ4v) is 3.44. The summed E-state index contributed by atoms with van der Waals surface area (Å²) in [4.78, 5) is 11.8. The number of sulfonamides is 1. The summed E-state index contributed by atoms with van der Waals surface area (Å²) in [7, 11) is -3.04. The fraction of sp³-hybridized carbons (Fsp3) is 0.833. The molecule has 0 saturated carbocycles. The van der Waals surface area contributed by atoms with Gasteiger partial charge in [-0.2, -0.15) is 0 Å². The van der Waals surface area contributed by atoms with Crippen LogP contribution in [-0.4, -0.2) is 44.1 Å². The molecule has 1 spiro atoms. The Morgan fingerprint density at radius 3 is 2.50 bits per heavy atom. The Morgan fingerprint density at radius 1 is 1.42 bits per heavy atom. The van der Waals surface area contributed by atoms with E-state index in [1.807, 2.05) is 0 Å². The van der Waals surface area contributed by atoms with E-state index in [2.05, 4.69) is 4.72 Å². The normalized spacial score (nSPS) is 30.2. The summed E-state index contributed by atoms with van der Waals surface area (Å²) in [6.07, 6.45) is 1.37. The highest BCUT2D eigenvalue weighted by Gasteiger charge is 2.49. The number of likely N-dealkylation sites (tertiary alicyclic amines) is 1. The van der Waals surface area contributed by atoms with Gasteiger partial charge in [0.2, 0.25) is 16.4 Å². The van der Waals surface area contributed by atoms with Gasteiger partial charge in [-0.05, 0) is 6.42 Å². The number of carbonyl (C=O) groups is 1. The van der Waals surface area contributed by atoms with Gasteiger partial charge in [-0.1, -0.05) is 0 Å². The van der Waals surface area contributed by atoms with Crippen molar-refractivity contribution >= 4 is 16.4 Å². The highest BCUT2D eigenvalue weighted by Crippen LogP contribution is 2.29. The van der Waals surface area contributed by atoms with Gasteiger partial charge >= 0.3 is 0 Å². The number of rotatable bonds is 1. The Hall–Kier alpha value is -0.620. The molecule has 0 aliphatic carbocycles. The van der Waals surface area contributed by atoms with Crippen molar-refractivity contribution in [3.8, 4) is 0 Å². The summed E-state index contributed by atoms with van der Waals surface area (Å²) in [6.45, 7) is 1.05. The second-order valence-corrected chi connectivity index (χ2v) is 5.30. The lowest BCUT2D eigenvalue weighted by atomic mass is 9.89. The van der Waals surface area contributed by atoms with Crippen LogP contribution in [0.1, 0.15) is 6.42 Å². The van der Waals surface area contributed by atoms with Crippen LogP contribution in [0.3, 0.4) is 0 Å². The second kappa shape index (κ2) is 2.20. The molecule has 2 saturated heterocycles. The van der Waals surface area contributed by atoms with Gasteiger partial charge in [0.25, 0.3) is 0 Å². The van der Waals surface area contributed by atoms with Crippen LogP contribution in [0.15, 0.2) is 0 Å². The molecule has 0 aromatic heterocycles. The van der Waals surface area contributed by atoms with Gasteiger partial charge in [-0.15, -0.1) is 0 Å². The molecule has 2 aliphatic heterocycles. The monoisotopic (exact) mass is 190 g/mol. The first-order valence-electron chi connectivity index (χ1n) is 3.76.